The molecule has 1 aliphatic carbocycles. The molecule has 0 bridgehead atoms. The van der Waals surface area contributed by atoms with Crippen molar-refractivity contribution >= 4 is 35.8 Å². The number of amides is 1. The normalized spacial score (nSPS) is 20.1. The number of carbonyl (C=O) groups is 1. The van der Waals surface area contributed by atoms with Crippen LogP contribution in [0.5, 0.6) is 0 Å². The maximum absolute atomic E-state index is 12.6. The van der Waals surface area contributed by atoms with Crippen molar-refractivity contribution in [2.75, 3.05) is 27.2 Å². The number of aliphatic imine (C=N–C) groups is 1. The van der Waals surface area contributed by atoms with Gasteiger partial charge in [-0.3, -0.25) is 9.79 Å². The molecule has 2 N–H and O–H groups in total. The van der Waals surface area contributed by atoms with Crippen LogP contribution in [0.25, 0.3) is 0 Å². The fourth-order valence-corrected chi connectivity index (χ4v) is 4.08. The summed E-state index contributed by atoms with van der Waals surface area (Å²) in [5.74, 6) is 1.41. The number of methoxy groups -OCH3 is 1. The molecule has 2 fully saturated rings. The number of rotatable bonds is 6. The zero-order chi connectivity index (χ0) is 19.1. The Bertz CT molecular complexity index is 662. The summed E-state index contributed by atoms with van der Waals surface area (Å²) in [6.45, 7) is 2.95. The fraction of sp³-hybridized carbons (Fsp3) is 0.619. The predicted octanol–water partition coefficient (Wildman–Crippen LogP) is 2.91. The quantitative estimate of drug-likeness (QED) is 0.358. The van der Waals surface area contributed by atoms with Gasteiger partial charge in [-0.25, -0.2) is 0 Å². The minimum atomic E-state index is 0. The maximum atomic E-state index is 12.6. The van der Waals surface area contributed by atoms with Gasteiger partial charge in [0.15, 0.2) is 5.96 Å². The molecule has 1 saturated carbocycles. The van der Waals surface area contributed by atoms with Crippen LogP contribution in [0.15, 0.2) is 29.3 Å². The third-order valence-electron chi connectivity index (χ3n) is 5.53. The lowest BCUT2D eigenvalue weighted by molar-refractivity contribution is -0.134. The minimum Gasteiger partial charge on any atom is -0.380 e. The van der Waals surface area contributed by atoms with Gasteiger partial charge in [0.25, 0.3) is 0 Å². The molecule has 1 saturated heterocycles. The SMILES string of the molecule is CN=C(NCc1cccc(COC)c1)NC1CCN(C(=O)C2CCCC2)C1.I. The smallest absolute Gasteiger partial charge is 0.225 e. The molecule has 3 rings (SSSR count). The van der Waals surface area contributed by atoms with Crippen molar-refractivity contribution in [1.82, 2.24) is 15.5 Å². The lowest BCUT2D eigenvalue weighted by Gasteiger charge is -2.21. The monoisotopic (exact) mass is 500 g/mol. The Morgan fingerprint density at radius 3 is 2.71 bits per heavy atom. The van der Waals surface area contributed by atoms with Crippen molar-refractivity contribution in [2.45, 2.75) is 51.3 Å². The molecule has 7 heteroatoms. The van der Waals surface area contributed by atoms with Gasteiger partial charge >= 0.3 is 0 Å². The van der Waals surface area contributed by atoms with Crippen molar-refractivity contribution in [3.05, 3.63) is 35.4 Å². The predicted molar refractivity (Wildman–Crippen MR) is 123 cm³/mol. The van der Waals surface area contributed by atoms with E-state index in [2.05, 4.69) is 33.8 Å². The highest BCUT2D eigenvalue weighted by atomic mass is 127. The van der Waals surface area contributed by atoms with Crippen molar-refractivity contribution < 1.29 is 9.53 Å². The molecule has 28 heavy (non-hydrogen) atoms. The third-order valence-corrected chi connectivity index (χ3v) is 5.53. The Morgan fingerprint density at radius 1 is 1.25 bits per heavy atom. The number of nitrogens with zero attached hydrogens (tertiary/aromatic N) is 2. The van der Waals surface area contributed by atoms with Gasteiger partial charge in [0.05, 0.1) is 6.61 Å². The van der Waals surface area contributed by atoms with Gasteiger partial charge < -0.3 is 20.3 Å². The van der Waals surface area contributed by atoms with E-state index in [0.29, 0.717) is 19.1 Å². The van der Waals surface area contributed by atoms with Gasteiger partial charge in [-0.1, -0.05) is 37.1 Å². The van der Waals surface area contributed by atoms with E-state index >= 15 is 0 Å². The molecule has 1 atom stereocenters. The molecule has 2 aliphatic rings. The van der Waals surface area contributed by atoms with E-state index in [1.807, 2.05) is 11.0 Å². The van der Waals surface area contributed by atoms with Gasteiger partial charge in [-0.2, -0.15) is 0 Å². The number of halogens is 1. The summed E-state index contributed by atoms with van der Waals surface area (Å²) in [5, 5.41) is 6.85. The minimum absolute atomic E-state index is 0. The summed E-state index contributed by atoms with van der Waals surface area (Å²) in [5.41, 5.74) is 2.36. The summed E-state index contributed by atoms with van der Waals surface area (Å²) in [6, 6.07) is 8.61. The molecule has 0 aromatic heterocycles. The van der Waals surface area contributed by atoms with E-state index in [0.717, 1.165) is 43.9 Å². The lowest BCUT2D eigenvalue weighted by Crippen LogP contribution is -2.45. The molecule has 1 aliphatic heterocycles. The first-order valence-electron chi connectivity index (χ1n) is 10.0. The second-order valence-corrected chi connectivity index (χ2v) is 7.57. The summed E-state index contributed by atoms with van der Waals surface area (Å²) in [7, 11) is 3.49. The average molecular weight is 500 g/mol. The van der Waals surface area contributed by atoms with Crippen LogP contribution in [-0.2, 0) is 22.7 Å². The topological polar surface area (TPSA) is 66.0 Å². The van der Waals surface area contributed by atoms with E-state index in [1.165, 1.54) is 18.4 Å². The van der Waals surface area contributed by atoms with Crippen LogP contribution in [-0.4, -0.2) is 50.1 Å². The number of guanidine groups is 1. The highest BCUT2D eigenvalue weighted by Crippen LogP contribution is 2.27. The highest BCUT2D eigenvalue weighted by molar-refractivity contribution is 14.0. The van der Waals surface area contributed by atoms with Gasteiger partial charge in [0.2, 0.25) is 5.91 Å². The molecule has 156 valence electrons. The first-order valence-corrected chi connectivity index (χ1v) is 10.0. The van der Waals surface area contributed by atoms with E-state index < -0.39 is 0 Å². The van der Waals surface area contributed by atoms with Crippen LogP contribution in [0, 0.1) is 5.92 Å². The highest BCUT2D eigenvalue weighted by Gasteiger charge is 2.32. The number of nitrogens with one attached hydrogen (secondary N) is 2. The Kier molecular flexibility index (Phi) is 9.50. The fourth-order valence-electron chi connectivity index (χ4n) is 4.08. The molecule has 0 spiro atoms. The van der Waals surface area contributed by atoms with Crippen LogP contribution in [0.4, 0.5) is 0 Å². The molecular weight excluding hydrogens is 467 g/mol. The molecule has 1 amide bonds. The first-order chi connectivity index (χ1) is 13.2. The van der Waals surface area contributed by atoms with E-state index in [9.17, 15) is 4.79 Å². The van der Waals surface area contributed by atoms with Crippen LogP contribution in [0.1, 0.15) is 43.2 Å². The number of benzene rings is 1. The Balaban J connectivity index is 0.00000280. The first kappa shape index (κ1) is 22.9. The Labute approximate surface area is 185 Å². The zero-order valence-corrected chi connectivity index (χ0v) is 19.3. The number of hydrogen-bond acceptors (Lipinski definition) is 3. The summed E-state index contributed by atoms with van der Waals surface area (Å²) in [4.78, 5) is 19.0. The van der Waals surface area contributed by atoms with E-state index in [1.54, 1.807) is 14.2 Å². The second-order valence-electron chi connectivity index (χ2n) is 7.57. The molecule has 1 aromatic carbocycles. The number of likely N-dealkylation sites (tertiary alicyclic amines) is 1. The molecule has 0 radical (unpaired) electrons. The third kappa shape index (κ3) is 6.34. The standard InChI is InChI=1S/C21H32N4O2.HI/c1-22-21(23-13-16-6-5-7-17(12-16)15-27-2)24-19-10-11-25(14-19)20(26)18-8-3-4-9-18;/h5-7,12,18-19H,3-4,8-11,13-15H2,1-2H3,(H2,22,23,24);1H. The summed E-state index contributed by atoms with van der Waals surface area (Å²) >= 11 is 0. The van der Waals surface area contributed by atoms with Gasteiger partial charge in [-0.05, 0) is 30.4 Å². The summed E-state index contributed by atoms with van der Waals surface area (Å²) in [6.07, 6.45) is 5.52. The maximum Gasteiger partial charge on any atom is 0.225 e. The zero-order valence-electron chi connectivity index (χ0n) is 16.9. The molecule has 1 unspecified atom stereocenters. The van der Waals surface area contributed by atoms with Gasteiger partial charge in [0.1, 0.15) is 0 Å². The van der Waals surface area contributed by atoms with Gasteiger partial charge in [0, 0.05) is 45.8 Å². The second kappa shape index (κ2) is 11.6. The Morgan fingerprint density at radius 2 is 2.00 bits per heavy atom. The molecule has 1 heterocycles. The summed E-state index contributed by atoms with van der Waals surface area (Å²) < 4.78 is 5.20. The van der Waals surface area contributed by atoms with Gasteiger partial charge in [-0.15, -0.1) is 24.0 Å². The van der Waals surface area contributed by atoms with Crippen LogP contribution < -0.4 is 10.6 Å². The van der Waals surface area contributed by atoms with Crippen LogP contribution in [0.2, 0.25) is 0 Å². The van der Waals surface area contributed by atoms with Crippen LogP contribution in [0.3, 0.4) is 0 Å². The number of carbonyl (C=O) groups excluding carboxylic acids is 1. The van der Waals surface area contributed by atoms with Crippen molar-refractivity contribution in [2.24, 2.45) is 10.9 Å². The van der Waals surface area contributed by atoms with E-state index in [4.69, 9.17) is 4.74 Å². The number of ether oxygens (including phenoxy) is 1. The largest absolute Gasteiger partial charge is 0.380 e. The molecule has 1 aromatic rings. The van der Waals surface area contributed by atoms with Crippen molar-refractivity contribution in [3.8, 4) is 0 Å². The lowest BCUT2D eigenvalue weighted by atomic mass is 10.1. The van der Waals surface area contributed by atoms with Crippen molar-refractivity contribution in [1.29, 1.82) is 0 Å². The molecule has 6 nitrogen and oxygen atoms in total. The number of hydrogen-bond donors (Lipinski definition) is 2. The average Bonchev–Trinajstić information content (AvgIpc) is 3.37. The van der Waals surface area contributed by atoms with Crippen LogP contribution >= 0.6 is 24.0 Å². The Hall–Kier alpha value is -1.35. The molecular formula is C21H33IN4O2. The van der Waals surface area contributed by atoms with Crippen molar-refractivity contribution in [3.63, 3.8) is 0 Å². The van der Waals surface area contributed by atoms with E-state index in [-0.39, 0.29) is 35.9 Å².